The molecule has 2 aliphatic heterocycles. The summed E-state index contributed by atoms with van der Waals surface area (Å²) in [7, 11) is -5.35. The molecule has 0 spiro atoms. The quantitative estimate of drug-likeness (QED) is 0.633. The summed E-state index contributed by atoms with van der Waals surface area (Å²) in [5.74, 6) is 0. The molecule has 0 amide bonds. The number of fused-ring (bicyclic) bond motifs is 1. The van der Waals surface area contributed by atoms with Crippen LogP contribution in [-0.4, -0.2) is 45.5 Å². The first-order valence-electron chi connectivity index (χ1n) is 11.8. The first-order chi connectivity index (χ1) is 14.8. The second-order valence-electron chi connectivity index (χ2n) is 10.5. The van der Waals surface area contributed by atoms with Crippen molar-refractivity contribution >= 4 is 17.1 Å². The Morgan fingerprint density at radius 2 is 1.50 bits per heavy atom. The number of nitrogens with one attached hydrogen (secondary N) is 1. The van der Waals surface area contributed by atoms with E-state index in [9.17, 15) is 9.59 Å². The van der Waals surface area contributed by atoms with Gasteiger partial charge in [-0.05, 0) is 29.1 Å². The first-order valence-corrected chi connectivity index (χ1v) is 15.8. The van der Waals surface area contributed by atoms with Crippen molar-refractivity contribution in [1.29, 1.82) is 0 Å². The second-order valence-corrected chi connectivity index (χ2v) is 19.3. The molecule has 10 heteroatoms. The zero-order chi connectivity index (χ0) is 24.0. The van der Waals surface area contributed by atoms with Crippen LogP contribution >= 0.6 is 0 Å². The van der Waals surface area contributed by atoms with Crippen LogP contribution in [0.2, 0.25) is 22.2 Å². The first kappa shape index (κ1) is 25.6. The van der Waals surface area contributed by atoms with E-state index in [4.69, 9.17) is 17.7 Å². The van der Waals surface area contributed by atoms with Crippen molar-refractivity contribution in [2.45, 2.75) is 109 Å². The lowest BCUT2D eigenvalue weighted by Crippen LogP contribution is -2.65. The predicted molar refractivity (Wildman–Crippen MR) is 128 cm³/mol. The molecular formula is C22H40N2O6Si2. The third-order valence-corrected chi connectivity index (χ3v) is 17.3. The Morgan fingerprint density at radius 3 is 2.03 bits per heavy atom. The molecule has 182 valence electrons. The lowest BCUT2D eigenvalue weighted by atomic mass is 10.2. The van der Waals surface area contributed by atoms with Crippen LogP contribution in [-0.2, 0) is 17.7 Å². The SMILES string of the molecule is Cc1cn(C2CC3O[Si](C(C)C)(C(C)C)O[Si](C(C)C)(C(C)C)OCC3O2)c(=O)[nH]c1=O. The number of hydrogen-bond donors (Lipinski definition) is 1. The number of ether oxygens (including phenoxy) is 1. The summed E-state index contributed by atoms with van der Waals surface area (Å²) in [6, 6.07) is 0. The molecule has 0 saturated carbocycles. The highest BCUT2D eigenvalue weighted by molar-refractivity contribution is 6.83. The third-order valence-electron chi connectivity index (χ3n) is 6.98. The van der Waals surface area contributed by atoms with E-state index >= 15 is 0 Å². The number of hydrogen-bond acceptors (Lipinski definition) is 6. The topological polar surface area (TPSA) is 91.8 Å². The normalized spacial score (nSPS) is 27.7. The predicted octanol–water partition coefficient (Wildman–Crippen LogP) is 4.09. The minimum atomic E-state index is -2.72. The fourth-order valence-electron chi connectivity index (χ4n) is 5.11. The minimum absolute atomic E-state index is 0.228. The number of H-pyrrole nitrogens is 1. The number of aryl methyl sites for hydroxylation is 1. The van der Waals surface area contributed by atoms with Crippen molar-refractivity contribution in [3.05, 3.63) is 32.6 Å². The molecule has 0 radical (unpaired) electrons. The molecule has 1 aromatic heterocycles. The van der Waals surface area contributed by atoms with Crippen LogP contribution in [0.3, 0.4) is 0 Å². The molecule has 3 heterocycles. The van der Waals surface area contributed by atoms with Gasteiger partial charge in [-0.2, -0.15) is 0 Å². The number of nitrogens with zero attached hydrogens (tertiary/aromatic N) is 1. The van der Waals surface area contributed by atoms with Gasteiger partial charge in [0, 0.05) is 18.2 Å². The van der Waals surface area contributed by atoms with Gasteiger partial charge in [0.1, 0.15) is 12.3 Å². The smallest absolute Gasteiger partial charge is 0.335 e. The fourth-order valence-corrected chi connectivity index (χ4v) is 16.3. The van der Waals surface area contributed by atoms with E-state index in [0.29, 0.717) is 18.6 Å². The lowest BCUT2D eigenvalue weighted by Gasteiger charge is -2.51. The van der Waals surface area contributed by atoms with E-state index in [2.05, 4.69) is 60.4 Å². The van der Waals surface area contributed by atoms with E-state index in [1.807, 2.05) is 0 Å². The molecule has 0 aromatic carbocycles. The summed E-state index contributed by atoms with van der Waals surface area (Å²) in [4.78, 5) is 26.7. The number of aromatic nitrogens is 2. The average molecular weight is 485 g/mol. The summed E-state index contributed by atoms with van der Waals surface area (Å²) < 4.78 is 28.7. The molecule has 3 atom stereocenters. The van der Waals surface area contributed by atoms with Crippen LogP contribution in [0.1, 0.15) is 73.6 Å². The minimum Gasteiger partial charge on any atom is -0.414 e. The molecule has 3 rings (SSSR count). The van der Waals surface area contributed by atoms with Gasteiger partial charge in [-0.15, -0.1) is 0 Å². The van der Waals surface area contributed by atoms with Gasteiger partial charge in [0.05, 0.1) is 12.7 Å². The summed E-state index contributed by atoms with van der Waals surface area (Å²) in [6.07, 6.45) is 1.03. The highest BCUT2D eigenvalue weighted by Gasteiger charge is 2.60. The van der Waals surface area contributed by atoms with Crippen LogP contribution in [0.25, 0.3) is 0 Å². The number of rotatable bonds is 5. The van der Waals surface area contributed by atoms with Crippen molar-refractivity contribution < 1.29 is 17.7 Å². The Labute approximate surface area is 193 Å². The molecule has 32 heavy (non-hydrogen) atoms. The van der Waals surface area contributed by atoms with Gasteiger partial charge in [-0.3, -0.25) is 14.3 Å². The highest BCUT2D eigenvalue weighted by atomic mass is 28.5. The Kier molecular flexibility index (Phi) is 7.44. The Bertz CT molecular complexity index is 910. The van der Waals surface area contributed by atoms with Crippen LogP contribution in [0.4, 0.5) is 0 Å². The van der Waals surface area contributed by atoms with E-state index < -0.39 is 29.0 Å². The highest BCUT2D eigenvalue weighted by Crippen LogP contribution is 2.48. The summed E-state index contributed by atoms with van der Waals surface area (Å²) >= 11 is 0. The molecule has 2 fully saturated rings. The van der Waals surface area contributed by atoms with E-state index in [1.165, 1.54) is 4.57 Å². The van der Waals surface area contributed by atoms with Crippen LogP contribution in [0, 0.1) is 6.92 Å². The van der Waals surface area contributed by atoms with Gasteiger partial charge in [0.25, 0.3) is 5.56 Å². The van der Waals surface area contributed by atoms with Crippen molar-refractivity contribution in [1.82, 2.24) is 9.55 Å². The second kappa shape index (κ2) is 9.30. The van der Waals surface area contributed by atoms with E-state index in [1.54, 1.807) is 13.1 Å². The van der Waals surface area contributed by atoms with Gasteiger partial charge in [-0.25, -0.2) is 4.79 Å². The lowest BCUT2D eigenvalue weighted by molar-refractivity contribution is -0.0566. The Balaban J connectivity index is 2.04. The molecular weight excluding hydrogens is 444 g/mol. The van der Waals surface area contributed by atoms with Crippen molar-refractivity contribution in [2.24, 2.45) is 0 Å². The van der Waals surface area contributed by atoms with Crippen LogP contribution < -0.4 is 11.2 Å². The Morgan fingerprint density at radius 1 is 0.938 bits per heavy atom. The third kappa shape index (κ3) is 4.37. The monoisotopic (exact) mass is 484 g/mol. The molecule has 3 unspecified atom stereocenters. The van der Waals surface area contributed by atoms with Crippen molar-refractivity contribution in [3.8, 4) is 0 Å². The summed E-state index contributed by atoms with van der Waals surface area (Å²) in [6.45, 7) is 19.5. The molecule has 1 N–H and O–H groups in total. The van der Waals surface area contributed by atoms with E-state index in [0.717, 1.165) is 0 Å². The molecule has 8 nitrogen and oxygen atoms in total. The maximum Gasteiger partial charge on any atom is 0.335 e. The van der Waals surface area contributed by atoms with E-state index in [-0.39, 0.29) is 39.9 Å². The largest absolute Gasteiger partial charge is 0.414 e. The Hall–Kier alpha value is -1.05. The van der Waals surface area contributed by atoms with Gasteiger partial charge in [-0.1, -0.05) is 55.4 Å². The molecule has 2 saturated heterocycles. The summed E-state index contributed by atoms with van der Waals surface area (Å²) in [5, 5.41) is 0. The zero-order valence-electron chi connectivity index (χ0n) is 20.9. The molecule has 1 aromatic rings. The standard InChI is InChI=1S/C22H40N2O6Si2/c1-13(2)31(14(3)4)27-12-19-18(29-32(30-31,15(5)6)16(7)8)10-20(28-19)24-11-17(9)21(25)23-22(24)26/h11,13-16,18-20H,10,12H2,1-9H3,(H,23,25,26). The summed E-state index contributed by atoms with van der Waals surface area (Å²) in [5.41, 5.74) is 0.595. The zero-order valence-corrected chi connectivity index (χ0v) is 22.9. The maximum atomic E-state index is 12.5. The molecule has 0 aliphatic carbocycles. The fraction of sp³-hybridized carbons (Fsp3) is 0.818. The molecule has 2 aliphatic rings. The number of aromatic amines is 1. The molecule has 0 bridgehead atoms. The maximum absolute atomic E-state index is 12.5. The van der Waals surface area contributed by atoms with Gasteiger partial charge in [0.15, 0.2) is 0 Å². The van der Waals surface area contributed by atoms with Gasteiger partial charge >= 0.3 is 22.8 Å². The van der Waals surface area contributed by atoms with Crippen molar-refractivity contribution in [3.63, 3.8) is 0 Å². The van der Waals surface area contributed by atoms with Gasteiger partial charge in [0.2, 0.25) is 0 Å². The van der Waals surface area contributed by atoms with Crippen LogP contribution in [0.5, 0.6) is 0 Å². The average Bonchev–Trinajstić information content (AvgIpc) is 3.05. The van der Waals surface area contributed by atoms with Crippen molar-refractivity contribution in [2.75, 3.05) is 6.61 Å². The van der Waals surface area contributed by atoms with Gasteiger partial charge < -0.3 is 17.7 Å². The van der Waals surface area contributed by atoms with Crippen LogP contribution in [0.15, 0.2) is 15.8 Å².